The number of hydrogen-bond acceptors (Lipinski definition) is 2. The van der Waals surface area contributed by atoms with E-state index in [2.05, 4.69) is 26.1 Å². The fourth-order valence-corrected chi connectivity index (χ4v) is 2.94. The first-order valence-corrected chi connectivity index (χ1v) is 6.94. The molecule has 1 aromatic carbocycles. The molecule has 102 valence electrons. The van der Waals surface area contributed by atoms with Crippen LogP contribution in [0.3, 0.4) is 0 Å². The summed E-state index contributed by atoms with van der Waals surface area (Å²) >= 11 is 0. The first kappa shape index (κ1) is 12.7. The van der Waals surface area contributed by atoms with Gasteiger partial charge in [-0.1, -0.05) is 32.9 Å². The third kappa shape index (κ3) is 2.16. The second-order valence-corrected chi connectivity index (χ2v) is 6.14. The Morgan fingerprint density at radius 3 is 2.79 bits per heavy atom. The third-order valence-corrected chi connectivity index (χ3v) is 4.24. The minimum atomic E-state index is -0.283. The Morgan fingerprint density at radius 2 is 2.21 bits per heavy atom. The first-order chi connectivity index (χ1) is 9.03. The van der Waals surface area contributed by atoms with E-state index in [1.807, 2.05) is 12.1 Å². The molecule has 19 heavy (non-hydrogen) atoms. The SMILES string of the molecule is CCNC(c1cc2cccc(F)c2o1)C1CC1(C)C. The van der Waals surface area contributed by atoms with Gasteiger partial charge in [-0.25, -0.2) is 4.39 Å². The molecule has 1 aliphatic carbocycles. The molecule has 2 nitrogen and oxygen atoms in total. The summed E-state index contributed by atoms with van der Waals surface area (Å²) in [6.45, 7) is 7.51. The van der Waals surface area contributed by atoms with Crippen molar-refractivity contribution in [1.29, 1.82) is 0 Å². The lowest BCUT2D eigenvalue weighted by Crippen LogP contribution is -2.23. The van der Waals surface area contributed by atoms with Crippen molar-refractivity contribution in [3.8, 4) is 0 Å². The second-order valence-electron chi connectivity index (χ2n) is 6.14. The lowest BCUT2D eigenvalue weighted by Gasteiger charge is -2.17. The van der Waals surface area contributed by atoms with Gasteiger partial charge in [-0.2, -0.15) is 0 Å². The molecule has 1 aromatic heterocycles. The van der Waals surface area contributed by atoms with E-state index in [4.69, 9.17) is 4.42 Å². The highest BCUT2D eigenvalue weighted by molar-refractivity contribution is 5.78. The molecule has 0 amide bonds. The summed E-state index contributed by atoms with van der Waals surface area (Å²) in [7, 11) is 0. The molecular weight excluding hydrogens is 241 g/mol. The van der Waals surface area contributed by atoms with E-state index in [0.29, 0.717) is 16.9 Å². The lowest BCUT2D eigenvalue weighted by atomic mass is 10.0. The average Bonchev–Trinajstić information content (AvgIpc) is 2.81. The first-order valence-electron chi connectivity index (χ1n) is 6.94. The molecule has 1 saturated carbocycles. The molecule has 0 aliphatic heterocycles. The normalized spacial score (nSPS) is 22.6. The number of fused-ring (bicyclic) bond motifs is 1. The summed E-state index contributed by atoms with van der Waals surface area (Å²) < 4.78 is 19.5. The highest BCUT2D eigenvalue weighted by atomic mass is 19.1. The molecule has 0 spiro atoms. The zero-order chi connectivity index (χ0) is 13.6. The Bertz CT molecular complexity index is 602. The summed E-state index contributed by atoms with van der Waals surface area (Å²) in [5.74, 6) is 1.14. The van der Waals surface area contributed by atoms with Crippen LogP contribution in [0.25, 0.3) is 11.0 Å². The Kier molecular flexibility index (Phi) is 2.90. The maximum Gasteiger partial charge on any atom is 0.169 e. The minimum Gasteiger partial charge on any atom is -0.456 e. The second kappa shape index (κ2) is 4.34. The molecule has 1 fully saturated rings. The van der Waals surface area contributed by atoms with Crippen LogP contribution >= 0.6 is 0 Å². The van der Waals surface area contributed by atoms with Crippen LogP contribution in [-0.4, -0.2) is 6.54 Å². The number of nitrogens with one attached hydrogen (secondary N) is 1. The Labute approximate surface area is 113 Å². The van der Waals surface area contributed by atoms with Crippen molar-refractivity contribution in [2.45, 2.75) is 33.2 Å². The molecule has 1 heterocycles. The van der Waals surface area contributed by atoms with Crippen molar-refractivity contribution in [2.75, 3.05) is 6.54 Å². The van der Waals surface area contributed by atoms with Gasteiger partial charge in [0, 0.05) is 5.39 Å². The standard InChI is InChI=1S/C16H20FNO/c1-4-18-14(11-9-16(11,2)3)13-8-10-6-5-7-12(17)15(10)19-13/h5-8,11,14,18H,4,9H2,1-3H3. The molecule has 0 radical (unpaired) electrons. The summed E-state index contributed by atoms with van der Waals surface area (Å²) in [5, 5.41) is 4.32. The van der Waals surface area contributed by atoms with E-state index in [1.54, 1.807) is 6.07 Å². The molecular formula is C16H20FNO. The van der Waals surface area contributed by atoms with Gasteiger partial charge in [0.2, 0.25) is 0 Å². The van der Waals surface area contributed by atoms with Gasteiger partial charge in [0.15, 0.2) is 11.4 Å². The van der Waals surface area contributed by atoms with Gasteiger partial charge < -0.3 is 9.73 Å². The van der Waals surface area contributed by atoms with Crippen molar-refractivity contribution >= 4 is 11.0 Å². The zero-order valence-corrected chi connectivity index (χ0v) is 11.7. The van der Waals surface area contributed by atoms with Crippen molar-refractivity contribution in [3.63, 3.8) is 0 Å². The van der Waals surface area contributed by atoms with Crippen LogP contribution in [0.5, 0.6) is 0 Å². The summed E-state index contributed by atoms with van der Waals surface area (Å²) in [6, 6.07) is 7.22. The van der Waals surface area contributed by atoms with Crippen molar-refractivity contribution < 1.29 is 8.81 Å². The Hall–Kier alpha value is -1.35. The molecule has 0 bridgehead atoms. The fourth-order valence-electron chi connectivity index (χ4n) is 2.94. The average molecular weight is 261 g/mol. The van der Waals surface area contributed by atoms with Crippen molar-refractivity contribution in [1.82, 2.24) is 5.32 Å². The summed E-state index contributed by atoms with van der Waals surface area (Å²) in [5.41, 5.74) is 0.725. The van der Waals surface area contributed by atoms with E-state index in [9.17, 15) is 4.39 Å². The number of para-hydroxylation sites is 1. The molecule has 1 N–H and O–H groups in total. The van der Waals surface area contributed by atoms with Gasteiger partial charge in [0.05, 0.1) is 6.04 Å². The molecule has 2 atom stereocenters. The van der Waals surface area contributed by atoms with Gasteiger partial charge in [-0.05, 0) is 36.4 Å². The number of hydrogen-bond donors (Lipinski definition) is 1. The van der Waals surface area contributed by atoms with Crippen molar-refractivity contribution in [3.05, 3.63) is 35.8 Å². The van der Waals surface area contributed by atoms with Crippen LogP contribution in [0.15, 0.2) is 28.7 Å². The molecule has 3 heteroatoms. The van der Waals surface area contributed by atoms with E-state index in [1.165, 1.54) is 12.5 Å². The molecule has 0 saturated heterocycles. The van der Waals surface area contributed by atoms with E-state index in [0.717, 1.165) is 17.7 Å². The summed E-state index contributed by atoms with van der Waals surface area (Å²) in [6.07, 6.45) is 1.18. The zero-order valence-electron chi connectivity index (χ0n) is 11.7. The van der Waals surface area contributed by atoms with E-state index in [-0.39, 0.29) is 11.9 Å². The van der Waals surface area contributed by atoms with Gasteiger partial charge in [-0.15, -0.1) is 0 Å². The van der Waals surface area contributed by atoms with Crippen molar-refractivity contribution in [2.24, 2.45) is 11.3 Å². The van der Waals surface area contributed by atoms with E-state index >= 15 is 0 Å². The Balaban J connectivity index is 1.99. The summed E-state index contributed by atoms with van der Waals surface area (Å²) in [4.78, 5) is 0. The maximum atomic E-state index is 13.7. The largest absolute Gasteiger partial charge is 0.456 e. The predicted octanol–water partition coefficient (Wildman–Crippen LogP) is 4.27. The van der Waals surface area contributed by atoms with Gasteiger partial charge in [0.1, 0.15) is 5.76 Å². The minimum absolute atomic E-state index is 0.187. The van der Waals surface area contributed by atoms with Gasteiger partial charge in [0.25, 0.3) is 0 Å². The predicted molar refractivity (Wildman–Crippen MR) is 74.5 cm³/mol. The number of benzene rings is 1. The van der Waals surface area contributed by atoms with Crippen LogP contribution in [0.2, 0.25) is 0 Å². The maximum absolute atomic E-state index is 13.7. The fraction of sp³-hybridized carbons (Fsp3) is 0.500. The highest BCUT2D eigenvalue weighted by Crippen LogP contribution is 2.58. The lowest BCUT2D eigenvalue weighted by molar-refractivity contribution is 0.362. The molecule has 1 aliphatic rings. The van der Waals surface area contributed by atoms with Gasteiger partial charge >= 0.3 is 0 Å². The smallest absolute Gasteiger partial charge is 0.169 e. The Morgan fingerprint density at radius 1 is 1.47 bits per heavy atom. The van der Waals surface area contributed by atoms with Crippen LogP contribution in [0.1, 0.15) is 39.0 Å². The van der Waals surface area contributed by atoms with Crippen LogP contribution in [0.4, 0.5) is 4.39 Å². The van der Waals surface area contributed by atoms with E-state index < -0.39 is 0 Å². The monoisotopic (exact) mass is 261 g/mol. The number of halogens is 1. The number of furan rings is 1. The molecule has 2 unspecified atom stereocenters. The van der Waals surface area contributed by atoms with Gasteiger partial charge in [-0.3, -0.25) is 0 Å². The van der Waals surface area contributed by atoms with Crippen LogP contribution < -0.4 is 5.32 Å². The molecule has 3 rings (SSSR count). The quantitative estimate of drug-likeness (QED) is 0.889. The van der Waals surface area contributed by atoms with Crippen LogP contribution in [0, 0.1) is 17.2 Å². The molecule has 2 aromatic rings. The number of rotatable bonds is 4. The highest BCUT2D eigenvalue weighted by Gasteiger charge is 2.51. The third-order valence-electron chi connectivity index (χ3n) is 4.24. The van der Waals surface area contributed by atoms with Crippen LogP contribution in [-0.2, 0) is 0 Å². The topological polar surface area (TPSA) is 25.2 Å².